The van der Waals surface area contributed by atoms with E-state index >= 15 is 0 Å². The van der Waals surface area contributed by atoms with Crippen LogP contribution in [0.5, 0.6) is 0 Å². The Labute approximate surface area is 89.4 Å². The Kier molecular flexibility index (Phi) is 2.91. The van der Waals surface area contributed by atoms with Crippen molar-refractivity contribution in [2.75, 3.05) is 0 Å². The molecule has 0 fully saturated rings. The Morgan fingerprint density at radius 3 is 2.14 bits per heavy atom. The summed E-state index contributed by atoms with van der Waals surface area (Å²) >= 11 is 0. The van der Waals surface area contributed by atoms with Crippen LogP contribution in [-0.2, 0) is 5.41 Å². The van der Waals surface area contributed by atoms with Gasteiger partial charge in [-0.15, -0.1) is 0 Å². The van der Waals surface area contributed by atoms with Gasteiger partial charge in [-0.1, -0.05) is 51.7 Å². The normalized spacial score (nSPS) is 13.0. The van der Waals surface area contributed by atoms with Crippen molar-refractivity contribution in [3.05, 3.63) is 29.8 Å². The number of rotatable bonds is 1. The third-order valence-corrected chi connectivity index (χ3v) is 4.29. The first-order valence-electron chi connectivity index (χ1n) is 5.15. The minimum Gasteiger partial charge on any atom is -0.0656 e. The molecule has 0 aliphatic heterocycles. The predicted octanol–water partition coefficient (Wildman–Crippen LogP) is 3.13. The fraction of sp³-hybridized carbons (Fsp3) is 0.538. The second kappa shape index (κ2) is 3.54. The summed E-state index contributed by atoms with van der Waals surface area (Å²) in [6.45, 7) is 13.8. The van der Waals surface area contributed by atoms with Crippen molar-refractivity contribution in [2.45, 2.75) is 45.8 Å². The van der Waals surface area contributed by atoms with Crippen LogP contribution in [0.3, 0.4) is 0 Å². The van der Waals surface area contributed by atoms with Gasteiger partial charge >= 0.3 is 0 Å². The second-order valence-corrected chi connectivity index (χ2v) is 11.0. The van der Waals surface area contributed by atoms with Crippen molar-refractivity contribution in [3.63, 3.8) is 0 Å². The number of hydrogen-bond acceptors (Lipinski definition) is 0. The van der Waals surface area contributed by atoms with Gasteiger partial charge in [0.05, 0.1) is 8.07 Å². The van der Waals surface area contributed by atoms with Crippen molar-refractivity contribution in [3.8, 4) is 0 Å². The molecule has 0 heterocycles. The van der Waals surface area contributed by atoms with Crippen LogP contribution in [0.1, 0.15) is 26.3 Å². The summed E-state index contributed by atoms with van der Waals surface area (Å²) < 4.78 is 0. The largest absolute Gasteiger partial charge is 0.0784 e. The summed E-state index contributed by atoms with van der Waals surface area (Å²) in [6, 6.07) is 10.8. The van der Waals surface area contributed by atoms with Gasteiger partial charge in [0.2, 0.25) is 0 Å². The molecule has 0 atom stereocenters. The van der Waals surface area contributed by atoms with Crippen LogP contribution in [-0.4, -0.2) is 8.07 Å². The van der Waals surface area contributed by atoms with E-state index < -0.39 is 8.07 Å². The van der Waals surface area contributed by atoms with E-state index in [1.807, 2.05) is 0 Å². The van der Waals surface area contributed by atoms with E-state index in [9.17, 15) is 0 Å². The van der Waals surface area contributed by atoms with Crippen LogP contribution < -0.4 is 5.19 Å². The lowest BCUT2D eigenvalue weighted by Gasteiger charge is -2.23. The van der Waals surface area contributed by atoms with E-state index in [1.165, 1.54) is 10.8 Å². The molecular weight excluding hydrogens is 184 g/mol. The molecule has 0 saturated heterocycles. The predicted molar refractivity (Wildman–Crippen MR) is 65.8 cm³/mol. The van der Waals surface area contributed by atoms with E-state index in [-0.39, 0.29) is 5.41 Å². The molecule has 76 valence electrons. The Bertz CT molecular complexity index is 283. The quantitative estimate of drug-likeness (QED) is 0.617. The fourth-order valence-electron chi connectivity index (χ4n) is 1.26. The molecule has 0 aromatic heterocycles. The highest BCUT2D eigenvalue weighted by molar-refractivity contribution is 6.88. The second-order valence-electron chi connectivity index (χ2n) is 5.93. The first-order valence-corrected chi connectivity index (χ1v) is 8.65. The molecule has 14 heavy (non-hydrogen) atoms. The van der Waals surface area contributed by atoms with Gasteiger partial charge in [-0.25, -0.2) is 0 Å². The number of hydrogen-bond donors (Lipinski definition) is 0. The first-order chi connectivity index (χ1) is 6.21. The van der Waals surface area contributed by atoms with Crippen LogP contribution >= 0.6 is 0 Å². The highest BCUT2D eigenvalue weighted by Gasteiger charge is 2.20. The van der Waals surface area contributed by atoms with E-state index in [2.05, 4.69) is 64.7 Å². The SMILES string of the molecule is CC(C)(C)c1c[c][c]c([Si](C)(C)C)c1. The maximum absolute atomic E-state index is 3.26. The van der Waals surface area contributed by atoms with Gasteiger partial charge in [0.25, 0.3) is 0 Å². The Morgan fingerprint density at radius 1 is 1.14 bits per heavy atom. The zero-order valence-electron chi connectivity index (χ0n) is 10.2. The summed E-state index contributed by atoms with van der Waals surface area (Å²) in [5, 5.41) is 1.38. The lowest BCUT2D eigenvalue weighted by atomic mass is 9.87. The molecule has 1 rings (SSSR count). The van der Waals surface area contributed by atoms with E-state index in [4.69, 9.17) is 0 Å². The van der Waals surface area contributed by atoms with E-state index in [0.717, 1.165) is 0 Å². The molecule has 1 heteroatoms. The molecule has 0 unspecified atom stereocenters. The van der Waals surface area contributed by atoms with Crippen molar-refractivity contribution >= 4 is 13.3 Å². The Balaban J connectivity index is 3.15. The average molecular weight is 204 g/mol. The first kappa shape index (κ1) is 11.5. The van der Waals surface area contributed by atoms with Crippen LogP contribution in [0.2, 0.25) is 19.6 Å². The molecule has 0 aliphatic carbocycles. The van der Waals surface area contributed by atoms with Crippen LogP contribution in [0.15, 0.2) is 12.1 Å². The zero-order chi connectivity index (χ0) is 11.0. The molecular formula is C13H20Si. The Hall–Kier alpha value is -0.563. The van der Waals surface area contributed by atoms with Gasteiger partial charge in [0, 0.05) is 0 Å². The maximum Gasteiger partial charge on any atom is 0.0784 e. The average Bonchev–Trinajstić information content (AvgIpc) is 2.01. The summed E-state index contributed by atoms with van der Waals surface area (Å²) in [5.41, 5.74) is 1.59. The molecule has 1 aromatic rings. The topological polar surface area (TPSA) is 0 Å². The molecule has 0 saturated carbocycles. The maximum atomic E-state index is 3.26. The van der Waals surface area contributed by atoms with Crippen molar-refractivity contribution < 1.29 is 0 Å². The highest BCUT2D eigenvalue weighted by atomic mass is 28.3. The van der Waals surface area contributed by atoms with Crippen LogP contribution in [0.4, 0.5) is 0 Å². The van der Waals surface area contributed by atoms with Gasteiger partial charge in [-0.2, -0.15) is 0 Å². The third-order valence-electron chi connectivity index (χ3n) is 2.41. The monoisotopic (exact) mass is 204 g/mol. The highest BCUT2D eigenvalue weighted by Crippen LogP contribution is 2.21. The van der Waals surface area contributed by atoms with Gasteiger partial charge in [0.15, 0.2) is 0 Å². The Morgan fingerprint density at radius 2 is 1.71 bits per heavy atom. The van der Waals surface area contributed by atoms with Gasteiger partial charge in [-0.3, -0.25) is 0 Å². The molecule has 0 aliphatic rings. The summed E-state index contributed by atoms with van der Waals surface area (Å²) in [6.07, 6.45) is 0. The van der Waals surface area contributed by atoms with Gasteiger partial charge < -0.3 is 0 Å². The van der Waals surface area contributed by atoms with Crippen LogP contribution in [0.25, 0.3) is 0 Å². The number of benzene rings is 1. The summed E-state index contributed by atoms with van der Waals surface area (Å²) in [4.78, 5) is 0. The molecule has 0 amide bonds. The molecule has 1 aromatic carbocycles. The fourth-order valence-corrected chi connectivity index (χ4v) is 2.30. The van der Waals surface area contributed by atoms with E-state index in [0.29, 0.717) is 0 Å². The molecule has 0 spiro atoms. The zero-order valence-corrected chi connectivity index (χ0v) is 11.2. The summed E-state index contributed by atoms with van der Waals surface area (Å²) in [5.74, 6) is 0. The lowest BCUT2D eigenvalue weighted by Crippen LogP contribution is -2.38. The minimum absolute atomic E-state index is 0.222. The van der Waals surface area contributed by atoms with Gasteiger partial charge in [0.1, 0.15) is 0 Å². The lowest BCUT2D eigenvalue weighted by molar-refractivity contribution is 0.590. The molecule has 2 radical (unpaired) electrons. The van der Waals surface area contributed by atoms with Crippen molar-refractivity contribution in [1.82, 2.24) is 0 Å². The third kappa shape index (κ3) is 2.71. The van der Waals surface area contributed by atoms with E-state index in [1.54, 1.807) is 0 Å². The standard InChI is InChI=1S/C13H20Si/c1-13(2,3)11-8-7-9-12(10-11)14(4,5)6/h8,10H,1-6H3. The molecule has 0 nitrogen and oxygen atoms in total. The summed E-state index contributed by atoms with van der Waals surface area (Å²) in [7, 11) is -1.23. The molecule has 0 N–H and O–H groups in total. The minimum atomic E-state index is -1.23. The smallest absolute Gasteiger partial charge is 0.0656 e. The van der Waals surface area contributed by atoms with Crippen molar-refractivity contribution in [2.24, 2.45) is 0 Å². The van der Waals surface area contributed by atoms with Gasteiger partial charge in [-0.05, 0) is 29.2 Å². The van der Waals surface area contributed by atoms with Crippen LogP contribution in [0, 0.1) is 12.1 Å². The van der Waals surface area contributed by atoms with Crippen molar-refractivity contribution in [1.29, 1.82) is 0 Å². The molecule has 0 bridgehead atoms.